The van der Waals surface area contributed by atoms with Crippen molar-refractivity contribution < 1.29 is 9.59 Å². The van der Waals surface area contributed by atoms with Crippen molar-refractivity contribution in [1.29, 1.82) is 0 Å². The fraction of sp³-hybridized carbons (Fsp3) is 0.318. The topological polar surface area (TPSA) is 73.8 Å². The molecule has 2 N–H and O–H groups in total. The molecule has 1 aliphatic rings. The highest BCUT2D eigenvalue weighted by Crippen LogP contribution is 2.25. The van der Waals surface area contributed by atoms with Crippen molar-refractivity contribution in [3.63, 3.8) is 0 Å². The fourth-order valence-electron chi connectivity index (χ4n) is 3.32. The molecule has 1 heterocycles. The summed E-state index contributed by atoms with van der Waals surface area (Å²) in [7, 11) is 0. The van der Waals surface area contributed by atoms with E-state index in [0.29, 0.717) is 12.2 Å². The van der Waals surface area contributed by atoms with Gasteiger partial charge in [-0.05, 0) is 37.1 Å². The molecule has 0 spiro atoms. The van der Waals surface area contributed by atoms with Crippen LogP contribution >= 0.6 is 0 Å². The number of nitrogens with one attached hydrogen (secondary N) is 2. The summed E-state index contributed by atoms with van der Waals surface area (Å²) in [4.78, 5) is 29.4. The van der Waals surface area contributed by atoms with Crippen LogP contribution in [0.25, 0.3) is 0 Å². The first-order chi connectivity index (χ1) is 13.3. The molecular formula is C22H26N4O2. The Labute approximate surface area is 165 Å². The number of aryl methyl sites for hydroxylation is 1. The second-order valence-corrected chi connectivity index (χ2v) is 7.66. The van der Waals surface area contributed by atoms with Gasteiger partial charge in [0.25, 0.3) is 11.8 Å². The zero-order chi connectivity index (χ0) is 20.3. The molecule has 0 bridgehead atoms. The molecule has 3 rings (SSSR count). The molecule has 0 saturated carbocycles. The fourth-order valence-corrected chi connectivity index (χ4v) is 3.32. The van der Waals surface area contributed by atoms with Crippen LogP contribution < -0.4 is 15.8 Å². The number of amides is 2. The number of nitrogens with zero attached hydrogens (tertiary/aromatic N) is 2. The molecule has 2 amide bonds. The predicted octanol–water partition coefficient (Wildman–Crippen LogP) is 2.73. The number of para-hydroxylation sites is 1. The summed E-state index contributed by atoms with van der Waals surface area (Å²) in [5, 5.41) is 4.33. The number of hydrogen-bond donors (Lipinski definition) is 2. The van der Waals surface area contributed by atoms with E-state index in [0.717, 1.165) is 0 Å². The number of benzene rings is 2. The summed E-state index contributed by atoms with van der Waals surface area (Å²) in [6.45, 7) is 8.38. The molecule has 1 aliphatic heterocycles. The summed E-state index contributed by atoms with van der Waals surface area (Å²) in [5.74, 6) is -0.401. The third-order valence-corrected chi connectivity index (χ3v) is 4.91. The van der Waals surface area contributed by atoms with Gasteiger partial charge in [-0.1, -0.05) is 56.3 Å². The molecule has 28 heavy (non-hydrogen) atoms. The average Bonchev–Trinajstić information content (AvgIpc) is 2.69. The predicted molar refractivity (Wildman–Crippen MR) is 111 cm³/mol. The summed E-state index contributed by atoms with van der Waals surface area (Å²) in [6, 6.07) is 16.7. The van der Waals surface area contributed by atoms with Gasteiger partial charge in [-0.3, -0.25) is 15.0 Å². The lowest BCUT2D eigenvalue weighted by Gasteiger charge is -2.31. The third kappa shape index (κ3) is 4.06. The van der Waals surface area contributed by atoms with E-state index < -0.39 is 6.04 Å². The van der Waals surface area contributed by atoms with Gasteiger partial charge in [0.2, 0.25) is 5.84 Å². The van der Waals surface area contributed by atoms with Crippen LogP contribution in [0, 0.1) is 6.92 Å². The van der Waals surface area contributed by atoms with Gasteiger partial charge in [0.15, 0.2) is 0 Å². The van der Waals surface area contributed by atoms with Crippen molar-refractivity contribution in [2.45, 2.75) is 39.2 Å². The molecule has 0 unspecified atom stereocenters. The normalized spacial score (nSPS) is 17.0. The molecule has 0 aliphatic carbocycles. The first-order valence-corrected chi connectivity index (χ1v) is 9.37. The number of carbonyl (C=O) groups is 2. The van der Waals surface area contributed by atoms with Crippen molar-refractivity contribution in [1.82, 2.24) is 10.7 Å². The molecule has 0 fully saturated rings. The number of carbonyl (C=O) groups excluding carboxylic acids is 2. The Morgan fingerprint density at radius 3 is 2.46 bits per heavy atom. The lowest BCUT2D eigenvalue weighted by molar-refractivity contribution is -0.120. The highest BCUT2D eigenvalue weighted by atomic mass is 16.2. The van der Waals surface area contributed by atoms with E-state index in [1.54, 1.807) is 19.1 Å². The van der Waals surface area contributed by atoms with Gasteiger partial charge in [-0.25, -0.2) is 10.0 Å². The van der Waals surface area contributed by atoms with Gasteiger partial charge in [0, 0.05) is 12.0 Å². The van der Waals surface area contributed by atoms with Crippen molar-refractivity contribution in [3.05, 3.63) is 65.7 Å². The molecule has 146 valence electrons. The summed E-state index contributed by atoms with van der Waals surface area (Å²) in [5.41, 5.74) is 5.65. The van der Waals surface area contributed by atoms with Crippen LogP contribution in [0.4, 0.5) is 5.69 Å². The summed E-state index contributed by atoms with van der Waals surface area (Å²) >= 11 is 0. The molecule has 6 heteroatoms. The molecule has 6 nitrogen and oxygen atoms in total. The Hall–Kier alpha value is -3.15. The number of amidine groups is 1. The minimum Gasteiger partial charge on any atom is -0.348 e. The Bertz CT molecular complexity index is 906. The molecule has 0 saturated heterocycles. The molecular weight excluding hydrogens is 352 g/mol. The maximum atomic E-state index is 12.7. The minimum atomic E-state index is -0.633. The van der Waals surface area contributed by atoms with E-state index in [9.17, 15) is 9.59 Å². The standard InChI is InChI=1S/C22H26N4O2/c1-15-10-8-9-13-18(15)22(3,4)14-23-20(27)19-24-16(2)21(28)26(25-19)17-11-6-5-7-12-17/h5-13,16H,14H2,1-4H3,(H,23,27)(H,24,25)/t16-/m1/s1. The Morgan fingerprint density at radius 2 is 1.79 bits per heavy atom. The van der Waals surface area contributed by atoms with Crippen molar-refractivity contribution in [2.75, 3.05) is 11.6 Å². The van der Waals surface area contributed by atoms with E-state index >= 15 is 0 Å². The number of hydrogen-bond acceptors (Lipinski definition) is 4. The van der Waals surface area contributed by atoms with Gasteiger partial charge in [-0.2, -0.15) is 0 Å². The average molecular weight is 378 g/mol. The molecule has 0 aromatic heterocycles. The Morgan fingerprint density at radius 1 is 1.14 bits per heavy atom. The van der Waals surface area contributed by atoms with E-state index in [4.69, 9.17) is 0 Å². The van der Waals surface area contributed by atoms with Gasteiger partial charge < -0.3 is 5.32 Å². The Kier molecular flexibility index (Phi) is 5.49. The third-order valence-electron chi connectivity index (χ3n) is 4.91. The van der Waals surface area contributed by atoms with Crippen LogP contribution in [-0.2, 0) is 15.0 Å². The van der Waals surface area contributed by atoms with Crippen molar-refractivity contribution in [3.8, 4) is 0 Å². The van der Waals surface area contributed by atoms with Crippen molar-refractivity contribution >= 4 is 23.3 Å². The lowest BCUT2D eigenvalue weighted by Crippen LogP contribution is -2.58. The monoisotopic (exact) mass is 378 g/mol. The van der Waals surface area contributed by atoms with Gasteiger partial charge in [0.05, 0.1) is 5.69 Å². The minimum absolute atomic E-state index is 0.136. The van der Waals surface area contributed by atoms with Crippen LogP contribution in [0.2, 0.25) is 0 Å². The first-order valence-electron chi connectivity index (χ1n) is 9.37. The summed E-state index contributed by atoms with van der Waals surface area (Å²) in [6.07, 6.45) is 0. The SMILES string of the molecule is Cc1ccccc1C(C)(C)CNC(=O)C1=N[C@H](C)C(=O)N(c2ccccc2)N1. The number of aliphatic imine (C=N–C) groups is 1. The zero-order valence-corrected chi connectivity index (χ0v) is 16.7. The highest BCUT2D eigenvalue weighted by molar-refractivity contribution is 6.39. The van der Waals surface area contributed by atoms with Crippen LogP contribution in [0.3, 0.4) is 0 Å². The molecule has 0 radical (unpaired) electrons. The van der Waals surface area contributed by atoms with Crippen LogP contribution in [0.15, 0.2) is 59.6 Å². The molecule has 2 aromatic rings. The number of rotatable bonds is 5. The second-order valence-electron chi connectivity index (χ2n) is 7.66. The van der Waals surface area contributed by atoms with E-state index in [-0.39, 0.29) is 23.1 Å². The molecule has 1 atom stereocenters. The highest BCUT2D eigenvalue weighted by Gasteiger charge is 2.31. The lowest BCUT2D eigenvalue weighted by atomic mass is 9.82. The number of hydrazine groups is 1. The smallest absolute Gasteiger partial charge is 0.288 e. The quantitative estimate of drug-likeness (QED) is 0.840. The van der Waals surface area contributed by atoms with E-state index in [2.05, 4.69) is 48.6 Å². The van der Waals surface area contributed by atoms with Crippen molar-refractivity contribution in [2.24, 2.45) is 4.99 Å². The summed E-state index contributed by atoms with van der Waals surface area (Å²) < 4.78 is 0. The van der Waals surface area contributed by atoms with Crippen LogP contribution in [0.1, 0.15) is 31.9 Å². The van der Waals surface area contributed by atoms with Crippen LogP contribution in [-0.4, -0.2) is 30.2 Å². The van der Waals surface area contributed by atoms with Gasteiger partial charge in [-0.15, -0.1) is 0 Å². The van der Waals surface area contributed by atoms with E-state index in [1.807, 2.05) is 30.3 Å². The zero-order valence-electron chi connectivity index (χ0n) is 16.7. The maximum absolute atomic E-state index is 12.7. The first kappa shape index (κ1) is 19.6. The maximum Gasteiger partial charge on any atom is 0.288 e. The Balaban J connectivity index is 1.73. The van der Waals surface area contributed by atoms with Gasteiger partial charge >= 0.3 is 0 Å². The van der Waals surface area contributed by atoms with Gasteiger partial charge in [0.1, 0.15) is 6.04 Å². The number of anilines is 1. The van der Waals surface area contributed by atoms with Crippen LogP contribution in [0.5, 0.6) is 0 Å². The largest absolute Gasteiger partial charge is 0.348 e. The van der Waals surface area contributed by atoms with E-state index in [1.165, 1.54) is 16.1 Å². The second kappa shape index (κ2) is 7.84. The molecule has 2 aromatic carbocycles.